The first-order valence-corrected chi connectivity index (χ1v) is 13.8. The van der Waals surface area contributed by atoms with E-state index in [-0.39, 0.29) is 16.7 Å². The van der Waals surface area contributed by atoms with Gasteiger partial charge in [-0.1, -0.05) is 70.6 Å². The Morgan fingerprint density at radius 3 is 2.08 bits per heavy atom. The molecule has 37 heavy (non-hydrogen) atoms. The van der Waals surface area contributed by atoms with Gasteiger partial charge in [0.15, 0.2) is 0 Å². The molecule has 0 N–H and O–H groups in total. The summed E-state index contributed by atoms with van der Waals surface area (Å²) in [7, 11) is 0. The number of carbonyl (C=O) groups is 2. The summed E-state index contributed by atoms with van der Waals surface area (Å²) in [6, 6.07) is 19.7. The Morgan fingerprint density at radius 2 is 1.43 bits per heavy atom. The number of anilines is 1. The predicted octanol–water partition coefficient (Wildman–Crippen LogP) is 6.20. The van der Waals surface area contributed by atoms with E-state index in [0.29, 0.717) is 27.3 Å². The monoisotopic (exact) mass is 570 g/mol. The number of nitrogens with zero attached hydrogens (tertiary/aromatic N) is 2. The first kappa shape index (κ1) is 24.4. The van der Waals surface area contributed by atoms with Crippen LogP contribution in [0.3, 0.4) is 0 Å². The number of aromatic nitrogens is 1. The van der Waals surface area contributed by atoms with Gasteiger partial charge >= 0.3 is 4.87 Å². The molecule has 1 fully saturated rings. The molecule has 0 saturated carbocycles. The summed E-state index contributed by atoms with van der Waals surface area (Å²) in [5.41, 5.74) is 2.01. The summed E-state index contributed by atoms with van der Waals surface area (Å²) in [6.07, 6.45) is 0. The standard InChI is InChI=1S/C27H17Cl2FN2O3S2/c28-16-5-1-14(2-6-16)13-31-26-23(37-27(31)35)20(15-3-7-17(29)8-4-15)21-22(36-26)25(34)32(24(21)33)19-11-9-18(30)10-12-19/h1-12,20-22H,13H2/t20-,21-,22+/m0/s1. The number of hydrogen-bond acceptors (Lipinski definition) is 5. The van der Waals surface area contributed by atoms with Crippen LogP contribution in [0.2, 0.25) is 10.0 Å². The van der Waals surface area contributed by atoms with E-state index in [9.17, 15) is 18.8 Å². The smallest absolute Gasteiger partial charge is 0.289 e. The zero-order valence-corrected chi connectivity index (χ0v) is 22.1. The number of fused-ring (bicyclic) bond motifs is 2. The lowest BCUT2D eigenvalue weighted by molar-refractivity contribution is -0.122. The van der Waals surface area contributed by atoms with Crippen molar-refractivity contribution in [2.24, 2.45) is 5.92 Å². The van der Waals surface area contributed by atoms with Gasteiger partial charge in [0.2, 0.25) is 11.8 Å². The summed E-state index contributed by atoms with van der Waals surface area (Å²) in [5.74, 6) is -2.44. The molecule has 0 radical (unpaired) electrons. The molecule has 3 atom stereocenters. The lowest BCUT2D eigenvalue weighted by Gasteiger charge is -2.30. The summed E-state index contributed by atoms with van der Waals surface area (Å²) in [6.45, 7) is 0.309. The van der Waals surface area contributed by atoms with E-state index in [2.05, 4.69) is 0 Å². The van der Waals surface area contributed by atoms with Gasteiger partial charge in [-0.15, -0.1) is 0 Å². The third-order valence-corrected chi connectivity index (χ3v) is 9.72. The van der Waals surface area contributed by atoms with Crippen molar-refractivity contribution in [1.82, 2.24) is 4.57 Å². The van der Waals surface area contributed by atoms with Crippen molar-refractivity contribution in [2.45, 2.75) is 22.7 Å². The van der Waals surface area contributed by atoms with Crippen LogP contribution in [-0.4, -0.2) is 21.6 Å². The van der Waals surface area contributed by atoms with Gasteiger partial charge in [-0.3, -0.25) is 19.0 Å². The van der Waals surface area contributed by atoms with Gasteiger partial charge in [0.1, 0.15) is 11.1 Å². The zero-order valence-electron chi connectivity index (χ0n) is 18.9. The van der Waals surface area contributed by atoms with E-state index >= 15 is 0 Å². The number of amides is 2. The Morgan fingerprint density at radius 1 is 0.811 bits per heavy atom. The van der Waals surface area contributed by atoms with E-state index in [1.165, 1.54) is 36.0 Å². The molecule has 2 aliphatic heterocycles. The molecule has 3 heterocycles. The molecule has 10 heteroatoms. The molecule has 2 amide bonds. The van der Waals surface area contributed by atoms with Crippen LogP contribution in [-0.2, 0) is 16.1 Å². The van der Waals surface area contributed by atoms with Crippen molar-refractivity contribution < 1.29 is 14.0 Å². The molecular formula is C27H17Cl2FN2O3S2. The van der Waals surface area contributed by atoms with E-state index < -0.39 is 22.9 Å². The Hall–Kier alpha value is -2.91. The maximum Gasteiger partial charge on any atom is 0.308 e. The first-order chi connectivity index (χ1) is 17.8. The predicted molar refractivity (Wildman–Crippen MR) is 144 cm³/mol. The molecular weight excluding hydrogens is 554 g/mol. The summed E-state index contributed by atoms with van der Waals surface area (Å²) in [5, 5.41) is 1.07. The van der Waals surface area contributed by atoms with Gasteiger partial charge in [0.25, 0.3) is 0 Å². The van der Waals surface area contributed by atoms with Crippen LogP contribution in [0.1, 0.15) is 21.9 Å². The van der Waals surface area contributed by atoms with Crippen LogP contribution < -0.4 is 9.77 Å². The third-order valence-electron chi connectivity index (χ3n) is 6.62. The Balaban J connectivity index is 1.48. The fourth-order valence-corrected chi connectivity index (χ4v) is 7.93. The van der Waals surface area contributed by atoms with E-state index in [1.54, 1.807) is 28.8 Å². The average Bonchev–Trinajstić information content (AvgIpc) is 3.33. The first-order valence-electron chi connectivity index (χ1n) is 11.4. The molecule has 1 saturated heterocycles. The third kappa shape index (κ3) is 4.22. The van der Waals surface area contributed by atoms with Gasteiger partial charge in [0.05, 0.1) is 23.2 Å². The number of halogens is 3. The highest BCUT2D eigenvalue weighted by atomic mass is 35.5. The van der Waals surface area contributed by atoms with Crippen molar-refractivity contribution in [3.63, 3.8) is 0 Å². The maximum atomic E-state index is 13.8. The van der Waals surface area contributed by atoms with Crippen LogP contribution in [0.15, 0.2) is 82.6 Å². The van der Waals surface area contributed by atoms with Crippen LogP contribution in [0.4, 0.5) is 10.1 Å². The number of thiazole rings is 1. The normalized spacial score (nSPS) is 20.7. The van der Waals surface area contributed by atoms with Gasteiger partial charge in [-0.25, -0.2) is 9.29 Å². The van der Waals surface area contributed by atoms with E-state index in [0.717, 1.165) is 32.2 Å². The molecule has 4 aromatic rings. The van der Waals surface area contributed by atoms with Crippen LogP contribution in [0.25, 0.3) is 0 Å². The van der Waals surface area contributed by atoms with Gasteiger partial charge in [-0.05, 0) is 59.7 Å². The van der Waals surface area contributed by atoms with Crippen LogP contribution >= 0.6 is 46.3 Å². The molecule has 186 valence electrons. The number of carbonyl (C=O) groups excluding carboxylic acids is 2. The van der Waals surface area contributed by atoms with Gasteiger partial charge in [0, 0.05) is 20.8 Å². The summed E-state index contributed by atoms with van der Waals surface area (Å²) >= 11 is 14.5. The number of imide groups is 1. The fourth-order valence-electron chi connectivity index (χ4n) is 4.90. The average molecular weight is 571 g/mol. The number of hydrogen-bond donors (Lipinski definition) is 0. The molecule has 0 spiro atoms. The molecule has 0 unspecified atom stereocenters. The minimum absolute atomic E-state index is 0.165. The Labute approximate surface area is 229 Å². The quantitative estimate of drug-likeness (QED) is 0.274. The van der Waals surface area contributed by atoms with Crippen molar-refractivity contribution in [2.75, 3.05) is 4.90 Å². The van der Waals surface area contributed by atoms with Crippen molar-refractivity contribution >= 4 is 63.8 Å². The molecule has 6 rings (SSSR count). The molecule has 1 aromatic heterocycles. The van der Waals surface area contributed by atoms with Crippen LogP contribution in [0.5, 0.6) is 0 Å². The Kier molecular flexibility index (Phi) is 6.23. The van der Waals surface area contributed by atoms with Crippen LogP contribution in [0, 0.1) is 11.7 Å². The maximum absolute atomic E-state index is 13.8. The van der Waals surface area contributed by atoms with Gasteiger partial charge < -0.3 is 0 Å². The second kappa shape index (κ2) is 9.44. The second-order valence-electron chi connectivity index (χ2n) is 8.83. The van der Waals surface area contributed by atoms with Crippen molar-refractivity contribution in [3.05, 3.63) is 114 Å². The molecule has 5 nitrogen and oxygen atoms in total. The molecule has 0 bridgehead atoms. The highest BCUT2D eigenvalue weighted by molar-refractivity contribution is 8.00. The number of thioether (sulfide) groups is 1. The Bertz CT molecular complexity index is 1580. The molecule has 2 aliphatic rings. The summed E-state index contributed by atoms with van der Waals surface area (Å²) in [4.78, 5) is 42.4. The highest BCUT2D eigenvalue weighted by Crippen LogP contribution is 2.54. The largest absolute Gasteiger partial charge is 0.308 e. The SMILES string of the molecule is O=C1[C@H]2[C@H](c3ccc(Cl)cc3)c3sc(=O)n(Cc4ccc(Cl)cc4)c3S[C@H]2C(=O)N1c1ccc(F)cc1. The van der Waals surface area contributed by atoms with E-state index in [1.807, 2.05) is 24.3 Å². The fraction of sp³-hybridized carbons (Fsp3) is 0.148. The molecule has 0 aliphatic carbocycles. The number of rotatable bonds is 4. The van der Waals surface area contributed by atoms with E-state index in [4.69, 9.17) is 23.2 Å². The topological polar surface area (TPSA) is 59.4 Å². The lowest BCUT2D eigenvalue weighted by atomic mass is 9.83. The second-order valence-corrected chi connectivity index (χ2v) is 11.8. The van der Waals surface area contributed by atoms with Crippen molar-refractivity contribution in [1.29, 1.82) is 0 Å². The zero-order chi connectivity index (χ0) is 25.8. The van der Waals surface area contributed by atoms with Gasteiger partial charge in [-0.2, -0.15) is 0 Å². The molecule has 3 aromatic carbocycles. The minimum Gasteiger partial charge on any atom is -0.289 e. The minimum atomic E-state index is -0.740. The number of benzene rings is 3. The lowest BCUT2D eigenvalue weighted by Crippen LogP contribution is -2.32. The van der Waals surface area contributed by atoms with Crippen molar-refractivity contribution in [3.8, 4) is 0 Å². The summed E-state index contributed by atoms with van der Waals surface area (Å²) < 4.78 is 15.2. The highest BCUT2D eigenvalue weighted by Gasteiger charge is 2.56.